The molecule has 6 aliphatic heterocycles. The second-order valence-corrected chi connectivity index (χ2v) is 16.8. The van der Waals surface area contributed by atoms with Crippen LogP contribution < -0.4 is 15.0 Å². The van der Waals surface area contributed by atoms with Crippen molar-refractivity contribution in [2.24, 2.45) is 0 Å². The van der Waals surface area contributed by atoms with Gasteiger partial charge >= 0.3 is 12.1 Å². The number of fused-ring (bicyclic) bond motifs is 7. The number of hydrogen-bond donors (Lipinski definition) is 1. The van der Waals surface area contributed by atoms with Crippen LogP contribution in [0.15, 0.2) is 49.1 Å². The molecule has 5 fully saturated rings. The lowest BCUT2D eigenvalue weighted by atomic mass is 9.91. The number of halogens is 2. The molecule has 298 valence electrons. The van der Waals surface area contributed by atoms with Gasteiger partial charge in [0.25, 0.3) is 0 Å². The van der Waals surface area contributed by atoms with E-state index in [1.165, 1.54) is 6.07 Å². The van der Waals surface area contributed by atoms with Gasteiger partial charge in [0.05, 0.1) is 29.8 Å². The first-order valence-corrected chi connectivity index (χ1v) is 20.6. The quantitative estimate of drug-likeness (QED) is 0.192. The molecule has 2 aromatic carbocycles. The zero-order chi connectivity index (χ0) is 39.0. The maximum Gasteiger partial charge on any atom is 0.409 e. The van der Waals surface area contributed by atoms with Crippen molar-refractivity contribution in [1.29, 1.82) is 0 Å². The summed E-state index contributed by atoms with van der Waals surface area (Å²) in [5.74, 6) is -0.314. The van der Waals surface area contributed by atoms with E-state index in [1.807, 2.05) is 25.1 Å². The van der Waals surface area contributed by atoms with Crippen molar-refractivity contribution in [3.63, 3.8) is 0 Å². The maximum absolute atomic E-state index is 17.5. The molecule has 13 heteroatoms. The lowest BCUT2D eigenvalue weighted by molar-refractivity contribution is 0.0139. The summed E-state index contributed by atoms with van der Waals surface area (Å²) in [7, 11) is 0. The highest BCUT2D eigenvalue weighted by Gasteiger charge is 2.52. The van der Waals surface area contributed by atoms with Crippen molar-refractivity contribution < 1.29 is 27.8 Å². The summed E-state index contributed by atoms with van der Waals surface area (Å²) < 4.78 is 51.0. The topological polar surface area (TPSA) is 105 Å². The summed E-state index contributed by atoms with van der Waals surface area (Å²) in [6.45, 7) is 14.6. The summed E-state index contributed by atoms with van der Waals surface area (Å²) in [6, 6.07) is 9.67. The number of aromatic nitrogens is 3. The molecule has 0 saturated carbocycles. The Morgan fingerprint density at radius 2 is 1.93 bits per heavy atom. The highest BCUT2D eigenvalue weighted by atomic mass is 19.1. The van der Waals surface area contributed by atoms with E-state index in [0.717, 1.165) is 61.7 Å². The summed E-state index contributed by atoms with van der Waals surface area (Å²) in [6.07, 6.45) is 6.24. The van der Waals surface area contributed by atoms with Crippen LogP contribution in [0.25, 0.3) is 38.5 Å². The van der Waals surface area contributed by atoms with Crippen molar-refractivity contribution in [3.8, 4) is 17.3 Å². The molecule has 0 aliphatic carbocycles. The molecule has 10 rings (SSSR count). The van der Waals surface area contributed by atoms with Gasteiger partial charge in [-0.3, -0.25) is 4.90 Å². The van der Waals surface area contributed by atoms with Crippen LogP contribution in [0.3, 0.4) is 0 Å². The zero-order valence-electron chi connectivity index (χ0n) is 32.5. The normalized spacial score (nSPS) is 26.8. The van der Waals surface area contributed by atoms with Gasteiger partial charge in [0, 0.05) is 66.9 Å². The number of allylic oxidation sites excluding steroid dienone is 1. The third-order valence-corrected chi connectivity index (χ3v) is 13.5. The molecule has 4 aromatic rings. The first-order chi connectivity index (χ1) is 27.7. The van der Waals surface area contributed by atoms with E-state index in [9.17, 15) is 4.79 Å². The monoisotopic (exact) mass is 777 g/mol. The lowest BCUT2D eigenvalue weighted by Crippen LogP contribution is -2.58. The summed E-state index contributed by atoms with van der Waals surface area (Å²) in [4.78, 5) is 34.4. The smallest absolute Gasteiger partial charge is 0.409 e. The zero-order valence-corrected chi connectivity index (χ0v) is 32.5. The van der Waals surface area contributed by atoms with Crippen LogP contribution in [-0.2, 0) is 15.9 Å². The average Bonchev–Trinajstić information content (AvgIpc) is 3.85. The Morgan fingerprint density at radius 1 is 1.07 bits per heavy atom. The van der Waals surface area contributed by atoms with Crippen molar-refractivity contribution >= 4 is 39.2 Å². The second-order valence-electron chi connectivity index (χ2n) is 16.8. The molecular formula is C44H49F2N7O4. The van der Waals surface area contributed by atoms with Crippen LogP contribution in [0.4, 0.5) is 19.4 Å². The number of aryl methyl sites for hydroxylation is 1. The SMILES string of the molecule is C=C1CN2C(COC(=O)N3CCOCC3)CCC2(COc2nc3c4c(nc(-c5cccc6ccc(F)c(C(=C)CC)c56)c(F)c4n2)CCC2C4CCC(CN32)N4)C1. The number of hydrogen-bond acceptors (Lipinski definition) is 10. The predicted molar refractivity (Wildman–Crippen MR) is 214 cm³/mol. The minimum absolute atomic E-state index is 0.0185. The summed E-state index contributed by atoms with van der Waals surface area (Å²) >= 11 is 0. The van der Waals surface area contributed by atoms with Gasteiger partial charge in [-0.05, 0) is 68.4 Å². The molecule has 5 unspecified atom stereocenters. The minimum atomic E-state index is -0.583. The molecule has 0 radical (unpaired) electrons. The van der Waals surface area contributed by atoms with E-state index < -0.39 is 11.6 Å². The van der Waals surface area contributed by atoms with E-state index in [2.05, 4.69) is 28.3 Å². The van der Waals surface area contributed by atoms with Gasteiger partial charge in [0.2, 0.25) is 0 Å². The van der Waals surface area contributed by atoms with Crippen molar-refractivity contribution in [3.05, 3.63) is 72.0 Å². The molecule has 5 saturated heterocycles. The molecule has 5 atom stereocenters. The van der Waals surface area contributed by atoms with Crippen molar-refractivity contribution in [2.75, 3.05) is 57.5 Å². The van der Waals surface area contributed by atoms with E-state index in [-0.39, 0.29) is 54.2 Å². The minimum Gasteiger partial charge on any atom is -0.461 e. The molecular weight excluding hydrogens is 729 g/mol. The van der Waals surface area contributed by atoms with Gasteiger partial charge in [-0.25, -0.2) is 18.6 Å². The Labute approximate surface area is 331 Å². The fraction of sp³-hybridized carbons (Fsp3) is 0.500. The van der Waals surface area contributed by atoms with Crippen LogP contribution in [0, 0.1) is 11.6 Å². The Morgan fingerprint density at radius 3 is 2.77 bits per heavy atom. The summed E-state index contributed by atoms with van der Waals surface area (Å²) in [5.41, 5.74) is 3.27. The fourth-order valence-electron chi connectivity index (χ4n) is 10.6. The number of anilines is 1. The number of rotatable bonds is 8. The Kier molecular flexibility index (Phi) is 9.17. The van der Waals surface area contributed by atoms with Gasteiger partial charge in [-0.1, -0.05) is 49.9 Å². The van der Waals surface area contributed by atoms with Crippen LogP contribution in [0.2, 0.25) is 0 Å². The molecule has 2 aromatic heterocycles. The van der Waals surface area contributed by atoms with Gasteiger partial charge in [-0.2, -0.15) is 9.97 Å². The molecule has 6 aliphatic rings. The average molecular weight is 778 g/mol. The fourth-order valence-corrected chi connectivity index (χ4v) is 10.6. The van der Waals surface area contributed by atoms with E-state index in [1.54, 1.807) is 11.0 Å². The van der Waals surface area contributed by atoms with E-state index in [0.29, 0.717) is 91.1 Å². The van der Waals surface area contributed by atoms with Crippen LogP contribution in [-0.4, -0.2) is 113 Å². The first-order valence-electron chi connectivity index (χ1n) is 20.6. The third-order valence-electron chi connectivity index (χ3n) is 13.5. The highest BCUT2D eigenvalue weighted by Crippen LogP contribution is 2.46. The predicted octanol–water partition coefficient (Wildman–Crippen LogP) is 6.81. The van der Waals surface area contributed by atoms with Gasteiger partial charge in [0.15, 0.2) is 5.82 Å². The van der Waals surface area contributed by atoms with Crippen LogP contribution >= 0.6 is 0 Å². The number of nitrogens with zero attached hydrogens (tertiary/aromatic N) is 6. The maximum atomic E-state index is 17.5. The number of ether oxygens (including phenoxy) is 3. The molecule has 57 heavy (non-hydrogen) atoms. The van der Waals surface area contributed by atoms with Crippen LogP contribution in [0.5, 0.6) is 6.01 Å². The number of amides is 1. The van der Waals surface area contributed by atoms with Gasteiger partial charge in [0.1, 0.15) is 36.1 Å². The van der Waals surface area contributed by atoms with Gasteiger partial charge < -0.3 is 29.3 Å². The Bertz CT molecular complexity index is 2320. The number of piperazine rings is 1. The van der Waals surface area contributed by atoms with Crippen LogP contribution in [0.1, 0.15) is 63.1 Å². The second kappa shape index (κ2) is 14.3. The first kappa shape index (κ1) is 36.6. The largest absolute Gasteiger partial charge is 0.461 e. The molecule has 11 nitrogen and oxygen atoms in total. The molecule has 1 N–H and O–H groups in total. The number of nitrogens with one attached hydrogen (secondary N) is 1. The third kappa shape index (κ3) is 6.15. The number of pyridine rings is 1. The summed E-state index contributed by atoms with van der Waals surface area (Å²) in [5, 5.41) is 5.80. The lowest BCUT2D eigenvalue weighted by Gasteiger charge is -2.41. The van der Waals surface area contributed by atoms with E-state index in [4.69, 9.17) is 29.2 Å². The highest BCUT2D eigenvalue weighted by molar-refractivity contribution is 6.05. The van der Waals surface area contributed by atoms with Gasteiger partial charge in [-0.15, -0.1) is 0 Å². The number of morpholine rings is 1. The molecule has 0 spiro atoms. The van der Waals surface area contributed by atoms with Crippen molar-refractivity contribution in [2.45, 2.75) is 88.0 Å². The number of carbonyl (C=O) groups excluding carboxylic acids is 1. The van der Waals surface area contributed by atoms with E-state index >= 15 is 8.78 Å². The molecule has 1 amide bonds. The molecule has 8 heterocycles. The standard InChI is InChI=1S/C44H49F2N7O4/c1-4-26(3)35-31(45)10-8-27-6-5-7-30(36(27)35)39-38(46)40-37-33(48-39)12-13-34-32-11-9-28(47-32)22-52(34)41(37)50-42(49-40)57-24-44-15-14-29(53(44)21-25(2)20-44)23-56-43(54)51-16-18-55-19-17-51/h5-8,10,28-29,32,34,47H,2-4,9,11-24H2,1H3. The number of carbonyl (C=O) groups is 1. The Balaban J connectivity index is 1.03. The molecule has 2 bridgehead atoms. The van der Waals surface area contributed by atoms with Crippen molar-refractivity contribution in [1.82, 2.24) is 30.1 Å². The Hall–Kier alpha value is -4.72. The number of benzene rings is 2.